The van der Waals surface area contributed by atoms with Crippen molar-refractivity contribution >= 4 is 11.9 Å². The Morgan fingerprint density at radius 3 is 2.57 bits per heavy atom. The second kappa shape index (κ2) is 8.22. The minimum Gasteiger partial charge on any atom is -0.369 e. The third-order valence-electron chi connectivity index (χ3n) is 4.31. The third-order valence-corrected chi connectivity index (χ3v) is 4.31. The van der Waals surface area contributed by atoms with Crippen molar-refractivity contribution in [2.24, 2.45) is 16.6 Å². The number of carbonyl (C=O) groups is 1. The first-order valence-electron chi connectivity index (χ1n) is 8.15. The zero-order valence-electron chi connectivity index (χ0n) is 13.1. The smallest absolute Gasteiger partial charge is 0.231 e. The highest BCUT2D eigenvalue weighted by Crippen LogP contribution is 2.33. The van der Waals surface area contributed by atoms with Gasteiger partial charge in [0.05, 0.1) is 6.54 Å². The zero-order valence-corrected chi connectivity index (χ0v) is 13.1. The summed E-state index contributed by atoms with van der Waals surface area (Å²) >= 11 is 0. The fraction of sp³-hybridized carbons (Fsp3) is 0.867. The molecule has 1 saturated heterocycles. The number of rotatable bonds is 7. The molecule has 0 unspecified atom stereocenters. The van der Waals surface area contributed by atoms with Crippen LogP contribution >= 0.6 is 0 Å². The largest absolute Gasteiger partial charge is 0.369 e. The van der Waals surface area contributed by atoms with Gasteiger partial charge in [0.2, 0.25) is 5.91 Å². The number of nitrogens with zero attached hydrogens (tertiary/aromatic N) is 2. The van der Waals surface area contributed by atoms with Crippen molar-refractivity contribution < 1.29 is 4.79 Å². The summed E-state index contributed by atoms with van der Waals surface area (Å²) in [5.74, 6) is 1.66. The highest BCUT2D eigenvalue weighted by Gasteiger charge is 2.21. The fourth-order valence-electron chi connectivity index (χ4n) is 2.85. The number of primary amides is 1. The summed E-state index contributed by atoms with van der Waals surface area (Å²) in [7, 11) is 1.82. The first kappa shape index (κ1) is 16.1. The lowest BCUT2D eigenvalue weighted by molar-refractivity contribution is -0.119. The topological polar surface area (TPSA) is 82.8 Å². The molecule has 120 valence electrons. The van der Waals surface area contributed by atoms with Gasteiger partial charge in [-0.15, -0.1) is 0 Å². The maximum atomic E-state index is 10.9. The average molecular weight is 295 g/mol. The SMILES string of the molecule is CN=C(NCCCC1CC1)NC1CCN(CC(N)=O)CC1. The normalized spacial score (nSPS) is 21.3. The van der Waals surface area contributed by atoms with E-state index in [1.54, 1.807) is 0 Å². The molecule has 0 spiro atoms. The minimum atomic E-state index is -0.241. The number of amides is 1. The Kier molecular flexibility index (Phi) is 6.29. The molecule has 1 saturated carbocycles. The van der Waals surface area contributed by atoms with Crippen molar-refractivity contribution in [3.05, 3.63) is 0 Å². The van der Waals surface area contributed by atoms with Crippen LogP contribution in [0, 0.1) is 5.92 Å². The molecule has 2 fully saturated rings. The summed E-state index contributed by atoms with van der Waals surface area (Å²) < 4.78 is 0. The summed E-state index contributed by atoms with van der Waals surface area (Å²) in [6.45, 7) is 3.20. The molecule has 0 aromatic heterocycles. The van der Waals surface area contributed by atoms with Crippen molar-refractivity contribution in [3.63, 3.8) is 0 Å². The lowest BCUT2D eigenvalue weighted by Gasteiger charge is -2.32. The number of piperidine rings is 1. The predicted octanol–water partition coefficient (Wildman–Crippen LogP) is 0.291. The van der Waals surface area contributed by atoms with Gasteiger partial charge in [0.1, 0.15) is 0 Å². The molecule has 0 radical (unpaired) electrons. The van der Waals surface area contributed by atoms with Gasteiger partial charge < -0.3 is 16.4 Å². The lowest BCUT2D eigenvalue weighted by Crippen LogP contribution is -2.49. The Labute approximate surface area is 127 Å². The molecule has 6 nitrogen and oxygen atoms in total. The van der Waals surface area contributed by atoms with E-state index in [1.165, 1.54) is 25.7 Å². The molecule has 6 heteroatoms. The molecule has 21 heavy (non-hydrogen) atoms. The van der Waals surface area contributed by atoms with Crippen LogP contribution in [0.25, 0.3) is 0 Å². The van der Waals surface area contributed by atoms with E-state index in [2.05, 4.69) is 20.5 Å². The van der Waals surface area contributed by atoms with Crippen molar-refractivity contribution in [2.45, 2.75) is 44.6 Å². The van der Waals surface area contributed by atoms with Crippen LogP contribution in [0.4, 0.5) is 0 Å². The van der Waals surface area contributed by atoms with Crippen LogP contribution in [-0.4, -0.2) is 56.0 Å². The van der Waals surface area contributed by atoms with Crippen molar-refractivity contribution in [3.8, 4) is 0 Å². The average Bonchev–Trinajstić information content (AvgIpc) is 3.27. The van der Waals surface area contributed by atoms with Crippen molar-refractivity contribution in [2.75, 3.05) is 33.2 Å². The number of aliphatic imine (C=N–C) groups is 1. The van der Waals surface area contributed by atoms with Gasteiger partial charge in [0, 0.05) is 32.7 Å². The molecule has 0 bridgehead atoms. The fourth-order valence-corrected chi connectivity index (χ4v) is 2.85. The number of likely N-dealkylation sites (tertiary alicyclic amines) is 1. The van der Waals surface area contributed by atoms with Gasteiger partial charge in [0.25, 0.3) is 0 Å². The standard InChI is InChI=1S/C15H29N5O/c1-17-15(18-8-2-3-12-4-5-12)19-13-6-9-20(10-7-13)11-14(16)21/h12-13H,2-11H2,1H3,(H2,16,21)(H2,17,18,19). The Bertz CT molecular complexity index is 359. The summed E-state index contributed by atoms with van der Waals surface area (Å²) in [6.07, 6.45) is 7.47. The second-order valence-corrected chi connectivity index (χ2v) is 6.25. The van der Waals surface area contributed by atoms with E-state index in [0.29, 0.717) is 12.6 Å². The van der Waals surface area contributed by atoms with Gasteiger partial charge >= 0.3 is 0 Å². The highest BCUT2D eigenvalue weighted by molar-refractivity contribution is 5.80. The van der Waals surface area contributed by atoms with Gasteiger partial charge in [-0.3, -0.25) is 14.7 Å². The summed E-state index contributed by atoms with van der Waals surface area (Å²) in [5, 5.41) is 6.87. The van der Waals surface area contributed by atoms with E-state index < -0.39 is 0 Å². The van der Waals surface area contributed by atoms with Crippen molar-refractivity contribution in [1.29, 1.82) is 0 Å². The first-order valence-corrected chi connectivity index (χ1v) is 8.15. The molecule has 1 amide bonds. The number of hydrogen-bond acceptors (Lipinski definition) is 3. The molecule has 0 atom stereocenters. The monoisotopic (exact) mass is 295 g/mol. The highest BCUT2D eigenvalue weighted by atomic mass is 16.1. The molecule has 1 heterocycles. The number of guanidine groups is 1. The van der Waals surface area contributed by atoms with E-state index in [9.17, 15) is 4.79 Å². The van der Waals surface area contributed by atoms with E-state index in [0.717, 1.165) is 44.4 Å². The molecular formula is C15H29N5O. The van der Waals surface area contributed by atoms with Crippen molar-refractivity contribution in [1.82, 2.24) is 15.5 Å². The van der Waals surface area contributed by atoms with E-state index in [4.69, 9.17) is 5.73 Å². The van der Waals surface area contributed by atoms with Crippen LogP contribution in [0.2, 0.25) is 0 Å². The molecule has 1 aliphatic carbocycles. The second-order valence-electron chi connectivity index (χ2n) is 6.25. The maximum Gasteiger partial charge on any atom is 0.231 e. The van der Waals surface area contributed by atoms with Crippen LogP contribution in [0.15, 0.2) is 4.99 Å². The lowest BCUT2D eigenvalue weighted by atomic mass is 10.1. The van der Waals surface area contributed by atoms with Crippen LogP contribution < -0.4 is 16.4 Å². The molecule has 4 N–H and O–H groups in total. The van der Waals surface area contributed by atoms with E-state index >= 15 is 0 Å². The molecular weight excluding hydrogens is 266 g/mol. The summed E-state index contributed by atoms with van der Waals surface area (Å²) in [5.41, 5.74) is 5.23. The number of hydrogen-bond donors (Lipinski definition) is 3. The third kappa shape index (κ3) is 6.33. The number of nitrogens with one attached hydrogen (secondary N) is 2. The van der Waals surface area contributed by atoms with Crippen LogP contribution in [0.5, 0.6) is 0 Å². The summed E-state index contributed by atoms with van der Waals surface area (Å²) in [4.78, 5) is 17.3. The molecule has 2 rings (SSSR count). The molecule has 1 aliphatic heterocycles. The van der Waals surface area contributed by atoms with E-state index in [1.807, 2.05) is 7.05 Å². The van der Waals surface area contributed by atoms with Gasteiger partial charge in [-0.25, -0.2) is 0 Å². The Morgan fingerprint density at radius 2 is 2.00 bits per heavy atom. The van der Waals surface area contributed by atoms with Crippen LogP contribution in [-0.2, 0) is 4.79 Å². The molecule has 0 aromatic carbocycles. The first-order chi connectivity index (χ1) is 10.2. The minimum absolute atomic E-state index is 0.241. The van der Waals surface area contributed by atoms with Gasteiger partial charge in [-0.1, -0.05) is 12.8 Å². The van der Waals surface area contributed by atoms with Crippen LogP contribution in [0.1, 0.15) is 38.5 Å². The van der Waals surface area contributed by atoms with Gasteiger partial charge in [0.15, 0.2) is 5.96 Å². The van der Waals surface area contributed by atoms with Gasteiger partial charge in [-0.05, 0) is 31.6 Å². The Hall–Kier alpha value is -1.30. The number of carbonyl (C=O) groups excluding carboxylic acids is 1. The maximum absolute atomic E-state index is 10.9. The van der Waals surface area contributed by atoms with Crippen LogP contribution in [0.3, 0.4) is 0 Å². The predicted molar refractivity (Wildman–Crippen MR) is 85.1 cm³/mol. The molecule has 2 aliphatic rings. The zero-order chi connectivity index (χ0) is 15.1. The van der Waals surface area contributed by atoms with E-state index in [-0.39, 0.29) is 5.91 Å². The Balaban J connectivity index is 1.59. The van der Waals surface area contributed by atoms with Gasteiger partial charge in [-0.2, -0.15) is 0 Å². The Morgan fingerprint density at radius 1 is 1.29 bits per heavy atom. The molecule has 0 aromatic rings. The number of nitrogens with two attached hydrogens (primary N) is 1. The quantitative estimate of drug-likeness (QED) is 0.358. The summed E-state index contributed by atoms with van der Waals surface area (Å²) in [6, 6.07) is 0.434.